The summed E-state index contributed by atoms with van der Waals surface area (Å²) < 4.78 is 1.91. The van der Waals surface area contributed by atoms with Gasteiger partial charge in [-0.3, -0.25) is 9.48 Å². The van der Waals surface area contributed by atoms with Crippen LogP contribution in [0.2, 0.25) is 0 Å². The number of carbonyl (C=O) groups excluding carboxylic acids is 2. The van der Waals surface area contributed by atoms with Crippen molar-refractivity contribution >= 4 is 11.9 Å². The zero-order valence-corrected chi connectivity index (χ0v) is 16.6. The van der Waals surface area contributed by atoms with Gasteiger partial charge in [-0.2, -0.15) is 5.10 Å². The molecule has 1 fully saturated rings. The van der Waals surface area contributed by atoms with E-state index in [0.717, 1.165) is 5.69 Å². The van der Waals surface area contributed by atoms with Crippen molar-refractivity contribution in [3.63, 3.8) is 0 Å². The lowest BCUT2D eigenvalue weighted by Gasteiger charge is -2.35. The predicted octanol–water partition coefficient (Wildman–Crippen LogP) is 3.07. The normalized spacial score (nSPS) is 24.2. The molecule has 1 aromatic carbocycles. The van der Waals surface area contributed by atoms with E-state index in [1.807, 2.05) is 27.8 Å². The van der Waals surface area contributed by atoms with Gasteiger partial charge in [-0.25, -0.2) is 4.79 Å². The van der Waals surface area contributed by atoms with E-state index in [1.165, 1.54) is 11.1 Å². The summed E-state index contributed by atoms with van der Waals surface area (Å²) in [5.74, 6) is 0.00829. The molecule has 0 bridgehead atoms. The van der Waals surface area contributed by atoms with Gasteiger partial charge in [0.15, 0.2) is 0 Å². The molecule has 28 heavy (non-hydrogen) atoms. The number of nitrogens with zero attached hydrogens (tertiary/aromatic N) is 3. The maximum Gasteiger partial charge on any atom is 0.318 e. The molecule has 4 rings (SSSR count). The van der Waals surface area contributed by atoms with Crippen LogP contribution in [0.4, 0.5) is 4.79 Å². The third-order valence-corrected chi connectivity index (χ3v) is 5.79. The van der Waals surface area contributed by atoms with E-state index >= 15 is 0 Å². The lowest BCUT2D eigenvalue weighted by molar-refractivity contribution is -0.124. The Balaban J connectivity index is 1.53. The SMILES string of the molecule is CC(C)n1nccc1[C@@H]1NC(=O)CC[C@H]1NC(=O)N1Cc2ccccc2[C@@H]1C. The first kappa shape index (κ1) is 18.5. The summed E-state index contributed by atoms with van der Waals surface area (Å²) in [6.07, 6.45) is 2.77. The zero-order valence-electron chi connectivity index (χ0n) is 16.6. The highest BCUT2D eigenvalue weighted by molar-refractivity contribution is 5.79. The third kappa shape index (κ3) is 3.25. The van der Waals surface area contributed by atoms with Crippen LogP contribution in [0.5, 0.6) is 0 Å². The first-order chi connectivity index (χ1) is 13.5. The van der Waals surface area contributed by atoms with Crippen LogP contribution in [-0.2, 0) is 11.3 Å². The third-order valence-electron chi connectivity index (χ3n) is 5.79. The van der Waals surface area contributed by atoms with Gasteiger partial charge in [0.25, 0.3) is 0 Å². The molecule has 3 heterocycles. The summed E-state index contributed by atoms with van der Waals surface area (Å²) in [7, 11) is 0. The van der Waals surface area contributed by atoms with Crippen LogP contribution in [0, 0.1) is 0 Å². The maximum absolute atomic E-state index is 13.1. The molecule has 0 saturated carbocycles. The lowest BCUT2D eigenvalue weighted by atomic mass is 9.95. The van der Waals surface area contributed by atoms with Gasteiger partial charge in [-0.1, -0.05) is 24.3 Å². The van der Waals surface area contributed by atoms with Crippen LogP contribution in [-0.4, -0.2) is 32.7 Å². The average molecular weight is 381 g/mol. The molecule has 2 aliphatic heterocycles. The molecule has 1 aromatic heterocycles. The molecule has 2 aliphatic rings. The molecule has 0 radical (unpaired) electrons. The van der Waals surface area contributed by atoms with Crippen LogP contribution in [0.1, 0.15) is 68.6 Å². The molecule has 0 unspecified atom stereocenters. The Hall–Kier alpha value is -2.83. The fourth-order valence-corrected chi connectivity index (χ4v) is 4.30. The molecule has 2 N–H and O–H groups in total. The molecule has 3 atom stereocenters. The van der Waals surface area contributed by atoms with Gasteiger partial charge in [-0.15, -0.1) is 0 Å². The van der Waals surface area contributed by atoms with Crippen molar-refractivity contribution in [3.8, 4) is 0 Å². The number of rotatable bonds is 3. The highest BCUT2D eigenvalue weighted by Gasteiger charge is 2.36. The molecular formula is C21H27N5O2. The van der Waals surface area contributed by atoms with E-state index in [9.17, 15) is 9.59 Å². The average Bonchev–Trinajstić information content (AvgIpc) is 3.29. The van der Waals surface area contributed by atoms with E-state index in [4.69, 9.17) is 0 Å². The summed E-state index contributed by atoms with van der Waals surface area (Å²) >= 11 is 0. The standard InChI is InChI=1S/C21H27N5O2/c1-13(2)26-18(10-11-22-26)20-17(8-9-19(27)24-20)23-21(28)25-12-15-6-4-5-7-16(15)14(25)3/h4-7,10-11,13-14,17,20H,8-9,12H2,1-3H3,(H,23,28)(H,24,27)/t14-,17+,20+/m0/s1. The van der Waals surface area contributed by atoms with Gasteiger partial charge >= 0.3 is 6.03 Å². The number of aromatic nitrogens is 2. The number of piperidine rings is 1. The minimum Gasteiger partial charge on any atom is -0.346 e. The summed E-state index contributed by atoms with van der Waals surface area (Å²) in [5.41, 5.74) is 3.31. The first-order valence-electron chi connectivity index (χ1n) is 9.93. The van der Waals surface area contributed by atoms with Crippen molar-refractivity contribution in [2.24, 2.45) is 0 Å². The second-order valence-electron chi connectivity index (χ2n) is 7.94. The fraction of sp³-hybridized carbons (Fsp3) is 0.476. The van der Waals surface area contributed by atoms with E-state index in [0.29, 0.717) is 19.4 Å². The van der Waals surface area contributed by atoms with E-state index in [2.05, 4.69) is 48.6 Å². The molecule has 0 spiro atoms. The van der Waals surface area contributed by atoms with Gasteiger partial charge in [0, 0.05) is 25.2 Å². The van der Waals surface area contributed by atoms with Gasteiger partial charge in [-0.05, 0) is 44.4 Å². The molecule has 7 nitrogen and oxygen atoms in total. The Labute approximate surface area is 165 Å². The largest absolute Gasteiger partial charge is 0.346 e. The molecule has 3 amide bonds. The second-order valence-corrected chi connectivity index (χ2v) is 7.94. The quantitative estimate of drug-likeness (QED) is 0.858. The Morgan fingerprint density at radius 3 is 2.82 bits per heavy atom. The van der Waals surface area contributed by atoms with Gasteiger partial charge in [0.2, 0.25) is 5.91 Å². The van der Waals surface area contributed by atoms with Crippen molar-refractivity contribution < 1.29 is 9.59 Å². The van der Waals surface area contributed by atoms with Crippen molar-refractivity contribution in [3.05, 3.63) is 53.3 Å². The number of hydrogen-bond donors (Lipinski definition) is 2. The van der Waals surface area contributed by atoms with E-state index in [-0.39, 0.29) is 36.1 Å². The zero-order chi connectivity index (χ0) is 19.8. The van der Waals surface area contributed by atoms with Crippen molar-refractivity contribution in [1.82, 2.24) is 25.3 Å². The number of urea groups is 1. The number of benzene rings is 1. The lowest BCUT2D eigenvalue weighted by Crippen LogP contribution is -2.53. The highest BCUT2D eigenvalue weighted by Crippen LogP contribution is 2.33. The monoisotopic (exact) mass is 381 g/mol. The van der Waals surface area contributed by atoms with Gasteiger partial charge < -0.3 is 15.5 Å². The predicted molar refractivity (Wildman–Crippen MR) is 105 cm³/mol. The van der Waals surface area contributed by atoms with Crippen LogP contribution < -0.4 is 10.6 Å². The number of carbonyl (C=O) groups is 2. The summed E-state index contributed by atoms with van der Waals surface area (Å²) in [6, 6.07) is 9.76. The molecule has 2 aromatic rings. The molecule has 0 aliphatic carbocycles. The summed E-state index contributed by atoms with van der Waals surface area (Å²) in [5, 5.41) is 10.6. The van der Waals surface area contributed by atoms with E-state index in [1.54, 1.807) is 6.20 Å². The smallest absolute Gasteiger partial charge is 0.318 e. The molecule has 148 valence electrons. The van der Waals surface area contributed by atoms with Crippen LogP contribution >= 0.6 is 0 Å². The van der Waals surface area contributed by atoms with Crippen LogP contribution in [0.15, 0.2) is 36.5 Å². The second kappa shape index (κ2) is 7.30. The Bertz CT molecular complexity index is 890. The number of hydrogen-bond acceptors (Lipinski definition) is 3. The number of nitrogens with one attached hydrogen (secondary N) is 2. The van der Waals surface area contributed by atoms with Gasteiger partial charge in [0.05, 0.1) is 23.8 Å². The van der Waals surface area contributed by atoms with Crippen LogP contribution in [0.3, 0.4) is 0 Å². The van der Waals surface area contributed by atoms with Crippen molar-refractivity contribution in [2.75, 3.05) is 0 Å². The number of amides is 3. The Morgan fingerprint density at radius 1 is 1.29 bits per heavy atom. The maximum atomic E-state index is 13.1. The topological polar surface area (TPSA) is 79.3 Å². The molecule has 7 heteroatoms. The Kier molecular flexibility index (Phi) is 4.83. The number of fused-ring (bicyclic) bond motifs is 1. The molecular weight excluding hydrogens is 354 g/mol. The fourth-order valence-electron chi connectivity index (χ4n) is 4.30. The van der Waals surface area contributed by atoms with E-state index < -0.39 is 0 Å². The molecule has 1 saturated heterocycles. The van der Waals surface area contributed by atoms with Crippen molar-refractivity contribution in [1.29, 1.82) is 0 Å². The minimum atomic E-state index is -0.282. The van der Waals surface area contributed by atoms with Crippen LogP contribution in [0.25, 0.3) is 0 Å². The van der Waals surface area contributed by atoms with Gasteiger partial charge in [0.1, 0.15) is 0 Å². The minimum absolute atomic E-state index is 0.00829. The Morgan fingerprint density at radius 2 is 2.07 bits per heavy atom. The first-order valence-corrected chi connectivity index (χ1v) is 9.93. The highest BCUT2D eigenvalue weighted by atomic mass is 16.2. The summed E-state index contributed by atoms with van der Waals surface area (Å²) in [6.45, 7) is 6.77. The van der Waals surface area contributed by atoms with Crippen molar-refractivity contribution in [2.45, 2.75) is 64.3 Å². The summed E-state index contributed by atoms with van der Waals surface area (Å²) in [4.78, 5) is 27.0.